The van der Waals surface area contributed by atoms with Crippen LogP contribution >= 0.6 is 11.6 Å². The van der Waals surface area contributed by atoms with E-state index in [4.69, 9.17) is 16.3 Å². The van der Waals surface area contributed by atoms with Gasteiger partial charge in [-0.2, -0.15) is 0 Å². The molecule has 0 saturated carbocycles. The molecule has 0 saturated heterocycles. The summed E-state index contributed by atoms with van der Waals surface area (Å²) >= 11 is 6.27. The molecule has 3 amide bonds. The summed E-state index contributed by atoms with van der Waals surface area (Å²) in [6.07, 6.45) is 2.36. The first-order chi connectivity index (χ1) is 15.5. The minimum atomic E-state index is -0.260. The van der Waals surface area contributed by atoms with E-state index < -0.39 is 0 Å². The number of carbonyl (C=O) groups excluding carboxylic acids is 2. The van der Waals surface area contributed by atoms with E-state index >= 15 is 0 Å². The normalized spacial score (nSPS) is 12.1. The van der Waals surface area contributed by atoms with Gasteiger partial charge in [0.15, 0.2) is 0 Å². The number of halogens is 1. The van der Waals surface area contributed by atoms with E-state index in [1.165, 1.54) is 0 Å². The molecule has 0 spiro atoms. The van der Waals surface area contributed by atoms with Crippen LogP contribution in [0.4, 0.5) is 10.5 Å². The molecule has 0 heterocycles. The number of nitrogens with zero attached hydrogens (tertiary/aromatic N) is 1. The zero-order valence-corrected chi connectivity index (χ0v) is 21.3. The molecule has 0 aliphatic heterocycles. The van der Waals surface area contributed by atoms with Gasteiger partial charge in [0.2, 0.25) is 0 Å². The molecular formula is C26H36ClN3O3. The highest BCUT2D eigenvalue weighted by molar-refractivity contribution is 6.32. The number of rotatable bonds is 9. The van der Waals surface area contributed by atoms with Crippen LogP contribution in [0, 0.1) is 0 Å². The van der Waals surface area contributed by atoms with Gasteiger partial charge in [0.25, 0.3) is 5.91 Å². The van der Waals surface area contributed by atoms with E-state index in [1.807, 2.05) is 58.9 Å². The molecule has 0 aliphatic rings. The molecule has 2 aromatic carbocycles. The number of ether oxygens (including phenoxy) is 1. The average molecular weight is 474 g/mol. The Labute approximate surface area is 202 Å². The Balaban J connectivity index is 1.97. The number of amides is 3. The maximum Gasteiger partial charge on any atom is 0.322 e. The Morgan fingerprint density at radius 2 is 1.76 bits per heavy atom. The van der Waals surface area contributed by atoms with E-state index in [-0.39, 0.29) is 23.5 Å². The average Bonchev–Trinajstić information content (AvgIpc) is 2.77. The lowest BCUT2D eigenvalue weighted by molar-refractivity contribution is 0.0935. The summed E-state index contributed by atoms with van der Waals surface area (Å²) in [6.45, 7) is 10.6. The van der Waals surface area contributed by atoms with E-state index in [0.29, 0.717) is 29.4 Å². The van der Waals surface area contributed by atoms with Gasteiger partial charge in [0.1, 0.15) is 5.75 Å². The van der Waals surface area contributed by atoms with Crippen LogP contribution in [0.5, 0.6) is 5.75 Å². The molecule has 0 fully saturated rings. The van der Waals surface area contributed by atoms with Crippen LogP contribution in [0.1, 0.15) is 63.4 Å². The van der Waals surface area contributed by atoms with Crippen molar-refractivity contribution in [2.24, 2.45) is 0 Å². The SMILES string of the molecule is CCCOc1ccc(C(=O)N[C@H](CC)Cc2ccc(NC(=O)N(C)C(C)(C)C)cc2)cc1Cl. The number of anilines is 1. The van der Waals surface area contributed by atoms with Crippen LogP contribution in [0.15, 0.2) is 42.5 Å². The first-order valence-corrected chi connectivity index (χ1v) is 11.8. The third-order valence-corrected chi connectivity index (χ3v) is 5.78. The first-order valence-electron chi connectivity index (χ1n) is 11.4. The van der Waals surface area contributed by atoms with E-state index in [9.17, 15) is 9.59 Å². The fourth-order valence-corrected chi connectivity index (χ4v) is 3.29. The molecule has 0 bridgehead atoms. The van der Waals surface area contributed by atoms with Crippen LogP contribution in [-0.2, 0) is 6.42 Å². The van der Waals surface area contributed by atoms with Crippen LogP contribution < -0.4 is 15.4 Å². The van der Waals surface area contributed by atoms with Crippen molar-refractivity contribution in [1.82, 2.24) is 10.2 Å². The van der Waals surface area contributed by atoms with Gasteiger partial charge in [0.05, 0.1) is 11.6 Å². The zero-order valence-electron chi connectivity index (χ0n) is 20.5. The zero-order chi connectivity index (χ0) is 24.6. The molecule has 7 heteroatoms. The van der Waals surface area contributed by atoms with Gasteiger partial charge in [0, 0.05) is 29.9 Å². The minimum Gasteiger partial charge on any atom is -0.492 e. The Kier molecular flexibility index (Phi) is 9.59. The minimum absolute atomic E-state index is 0.0280. The Bertz CT molecular complexity index is 939. The lowest BCUT2D eigenvalue weighted by atomic mass is 10.0. The highest BCUT2D eigenvalue weighted by Crippen LogP contribution is 2.26. The third kappa shape index (κ3) is 7.97. The third-order valence-electron chi connectivity index (χ3n) is 5.48. The number of benzene rings is 2. The van der Waals surface area contributed by atoms with Gasteiger partial charge < -0.3 is 20.3 Å². The van der Waals surface area contributed by atoms with Crippen molar-refractivity contribution < 1.29 is 14.3 Å². The van der Waals surface area contributed by atoms with E-state index in [0.717, 1.165) is 24.1 Å². The molecule has 2 N–H and O–H groups in total. The lowest BCUT2D eigenvalue weighted by Crippen LogP contribution is -2.44. The fourth-order valence-electron chi connectivity index (χ4n) is 3.06. The molecule has 2 aromatic rings. The Morgan fingerprint density at radius 3 is 2.30 bits per heavy atom. The molecule has 1 atom stereocenters. The van der Waals surface area contributed by atoms with Crippen molar-refractivity contribution in [3.63, 3.8) is 0 Å². The predicted molar refractivity (Wildman–Crippen MR) is 135 cm³/mol. The van der Waals surface area contributed by atoms with Crippen LogP contribution in [0.25, 0.3) is 0 Å². The second-order valence-corrected chi connectivity index (χ2v) is 9.54. The summed E-state index contributed by atoms with van der Waals surface area (Å²) in [7, 11) is 1.77. The van der Waals surface area contributed by atoms with Crippen molar-refractivity contribution >= 4 is 29.2 Å². The van der Waals surface area contributed by atoms with Crippen LogP contribution in [0.2, 0.25) is 5.02 Å². The smallest absolute Gasteiger partial charge is 0.322 e. The molecule has 33 heavy (non-hydrogen) atoms. The lowest BCUT2D eigenvalue weighted by Gasteiger charge is -2.31. The summed E-state index contributed by atoms with van der Waals surface area (Å²) in [5.74, 6) is 0.419. The summed E-state index contributed by atoms with van der Waals surface area (Å²) in [6, 6.07) is 12.6. The largest absolute Gasteiger partial charge is 0.492 e. The molecule has 0 aromatic heterocycles. The topological polar surface area (TPSA) is 70.7 Å². The first kappa shape index (κ1) is 26.5. The van der Waals surface area contributed by atoms with E-state index in [1.54, 1.807) is 30.1 Å². The number of urea groups is 1. The summed E-state index contributed by atoms with van der Waals surface area (Å²) in [4.78, 5) is 26.8. The second-order valence-electron chi connectivity index (χ2n) is 9.13. The van der Waals surface area contributed by atoms with Gasteiger partial charge >= 0.3 is 6.03 Å². The van der Waals surface area contributed by atoms with Crippen molar-refractivity contribution in [3.05, 3.63) is 58.6 Å². The summed E-state index contributed by atoms with van der Waals surface area (Å²) in [5.41, 5.74) is 2.05. The number of hydrogen-bond acceptors (Lipinski definition) is 3. The van der Waals surface area contributed by atoms with Crippen molar-refractivity contribution in [2.75, 3.05) is 19.0 Å². The van der Waals surface area contributed by atoms with Crippen molar-refractivity contribution in [1.29, 1.82) is 0 Å². The molecule has 180 valence electrons. The quantitative estimate of drug-likeness (QED) is 0.459. The fraction of sp³-hybridized carbons (Fsp3) is 0.462. The maximum absolute atomic E-state index is 12.7. The van der Waals surface area contributed by atoms with Crippen LogP contribution in [-0.4, -0.2) is 42.1 Å². The van der Waals surface area contributed by atoms with Gasteiger partial charge in [-0.3, -0.25) is 4.79 Å². The number of carbonyl (C=O) groups is 2. The van der Waals surface area contributed by atoms with Crippen molar-refractivity contribution in [2.45, 2.75) is 65.5 Å². The monoisotopic (exact) mass is 473 g/mol. The Hall–Kier alpha value is -2.73. The number of nitrogens with one attached hydrogen (secondary N) is 2. The van der Waals surface area contributed by atoms with Gasteiger partial charge in [-0.1, -0.05) is 37.6 Å². The summed E-state index contributed by atoms with van der Waals surface area (Å²) < 4.78 is 5.57. The maximum atomic E-state index is 12.7. The van der Waals surface area contributed by atoms with Crippen molar-refractivity contribution in [3.8, 4) is 5.75 Å². The number of hydrogen-bond donors (Lipinski definition) is 2. The Morgan fingerprint density at radius 1 is 1.09 bits per heavy atom. The van der Waals surface area contributed by atoms with Gasteiger partial charge in [-0.05, 0) is 75.9 Å². The van der Waals surface area contributed by atoms with Gasteiger partial charge in [-0.15, -0.1) is 0 Å². The molecule has 0 radical (unpaired) electrons. The highest BCUT2D eigenvalue weighted by Gasteiger charge is 2.22. The van der Waals surface area contributed by atoms with Gasteiger partial charge in [-0.25, -0.2) is 4.79 Å². The highest BCUT2D eigenvalue weighted by atomic mass is 35.5. The van der Waals surface area contributed by atoms with E-state index in [2.05, 4.69) is 10.6 Å². The predicted octanol–water partition coefficient (Wildman–Crippen LogP) is 6.14. The summed E-state index contributed by atoms with van der Waals surface area (Å²) in [5, 5.41) is 6.43. The molecular weight excluding hydrogens is 438 g/mol. The second kappa shape index (κ2) is 11.9. The molecule has 0 unspecified atom stereocenters. The molecule has 0 aliphatic carbocycles. The molecule has 2 rings (SSSR count). The standard InChI is InChI=1S/C26H36ClN3O3/c1-7-15-33-23-14-11-19(17-22(23)27)24(31)28-20(8-2)16-18-9-12-21(13-10-18)29-25(32)30(6)26(3,4)5/h9-14,17,20H,7-8,15-16H2,1-6H3,(H,28,31)(H,29,32)/t20-/m1/s1. The molecule has 6 nitrogen and oxygen atoms in total. The van der Waals surface area contributed by atoms with Crippen LogP contribution in [0.3, 0.4) is 0 Å².